The monoisotopic (exact) mass is 1430 g/mol. The first-order valence-corrected chi connectivity index (χ1v) is 37.4. The molecule has 5 rings (SSSR count). The van der Waals surface area contributed by atoms with Crippen molar-refractivity contribution in [3.8, 4) is 0 Å². The van der Waals surface area contributed by atoms with Gasteiger partial charge in [0.25, 0.3) is 0 Å². The third-order valence-electron chi connectivity index (χ3n) is 19.3. The van der Waals surface area contributed by atoms with Gasteiger partial charge in [-0.1, -0.05) is 227 Å². The standard InChI is InChI=1S/C15H22N2O2.C14H28O2.C13H20N2O.C13H18O2.C12H16O2.C10H21NO2.C10H14/c1-5-15(3,4)14(19)17-13-8-6-12(7-9-13)10-16-11(2)18;1-6-9-10-12(7-2)11-16-13(15)14(4,5)8-3;1-4-13(2,3)12(16)15-11-7-5-10(9-14)6-8-11;1-4-13(2,3)12(14)15-10-11-8-6-5-7-9-11;1-4-12(2,3)10-7-5-9(6-8-10)11(13)14;1-6-10(2,3)9(12)13-8-7-11(4)5;1-3-9(2)10-7-5-4-6-8-10/h6-9H,5,10H2,1-4H3,(H,16,18)(H,17,19);12H,6-11H2,1-5H3;5-8H,4,9,14H2,1-3H3,(H,15,16);5-9H,4,10H2,1-3H3;5-8H,4H2,1-3H3,(H,13,14);6-8H2,1-5H3;4-9H,3H2,1-2H3. The summed E-state index contributed by atoms with van der Waals surface area (Å²) in [5.41, 5.74) is 11.6. The second-order valence-electron chi connectivity index (χ2n) is 30.5. The van der Waals surface area contributed by atoms with Crippen LogP contribution in [0.25, 0.3) is 0 Å². The minimum atomic E-state index is -0.870. The van der Waals surface area contributed by atoms with Gasteiger partial charge in [0, 0.05) is 48.8 Å². The molecule has 0 saturated heterocycles. The third-order valence-corrected chi connectivity index (χ3v) is 19.3. The van der Waals surface area contributed by atoms with Crippen molar-refractivity contribution < 1.29 is 52.9 Å². The molecule has 2 atom stereocenters. The highest BCUT2D eigenvalue weighted by molar-refractivity contribution is 5.95. The normalized spacial score (nSPS) is 11.8. The number of anilines is 2. The lowest BCUT2D eigenvalue weighted by atomic mass is 9.82. The Bertz CT molecular complexity index is 3160. The van der Waals surface area contributed by atoms with E-state index in [0.717, 1.165) is 79.6 Å². The third kappa shape index (κ3) is 41.4. The van der Waals surface area contributed by atoms with Gasteiger partial charge in [-0.15, -0.1) is 0 Å². The first kappa shape index (κ1) is 97.4. The molecular formula is C87H139N5O11. The van der Waals surface area contributed by atoms with Gasteiger partial charge in [-0.2, -0.15) is 0 Å². The number of hydrogen-bond donors (Lipinski definition) is 5. The van der Waals surface area contributed by atoms with E-state index >= 15 is 0 Å². The molecule has 6 N–H and O–H groups in total. The molecule has 578 valence electrons. The van der Waals surface area contributed by atoms with Gasteiger partial charge in [0.15, 0.2) is 0 Å². The van der Waals surface area contributed by atoms with Gasteiger partial charge >= 0.3 is 23.9 Å². The zero-order valence-corrected chi connectivity index (χ0v) is 68.4. The highest BCUT2D eigenvalue weighted by Crippen LogP contribution is 2.29. The van der Waals surface area contributed by atoms with Gasteiger partial charge in [-0.25, -0.2) is 4.79 Å². The van der Waals surface area contributed by atoms with Crippen molar-refractivity contribution in [2.24, 2.45) is 38.7 Å². The van der Waals surface area contributed by atoms with Gasteiger partial charge in [-0.05, 0) is 188 Å². The zero-order valence-electron chi connectivity index (χ0n) is 68.4. The summed E-state index contributed by atoms with van der Waals surface area (Å²) >= 11 is 0. The van der Waals surface area contributed by atoms with Crippen LogP contribution in [0.3, 0.4) is 0 Å². The lowest BCUT2D eigenvalue weighted by Crippen LogP contribution is -2.29. The summed E-state index contributed by atoms with van der Waals surface area (Å²) < 4.78 is 15.8. The van der Waals surface area contributed by atoms with Crippen molar-refractivity contribution >= 4 is 53.0 Å². The molecule has 0 spiro atoms. The molecule has 0 bridgehead atoms. The van der Waals surface area contributed by atoms with E-state index in [0.29, 0.717) is 50.3 Å². The summed E-state index contributed by atoms with van der Waals surface area (Å²) in [5.74, 6) is 0.112. The fourth-order valence-corrected chi connectivity index (χ4v) is 8.02. The Hall–Kier alpha value is -7.69. The van der Waals surface area contributed by atoms with Crippen molar-refractivity contribution in [2.75, 3.05) is 44.5 Å². The molecule has 5 aromatic carbocycles. The van der Waals surface area contributed by atoms with Crippen molar-refractivity contribution in [1.29, 1.82) is 0 Å². The Balaban J connectivity index is 0. The maximum atomic E-state index is 12.0. The molecule has 0 radical (unpaired) electrons. The van der Waals surface area contributed by atoms with Gasteiger partial charge in [0.05, 0.1) is 28.4 Å². The number of ether oxygens (including phenoxy) is 3. The van der Waals surface area contributed by atoms with Crippen LogP contribution in [0.2, 0.25) is 0 Å². The minimum Gasteiger partial charge on any atom is -0.478 e. The second-order valence-corrected chi connectivity index (χ2v) is 30.5. The van der Waals surface area contributed by atoms with Crippen LogP contribution in [0, 0.1) is 33.0 Å². The number of hydrogen-bond acceptors (Lipinski definition) is 12. The molecule has 16 nitrogen and oxygen atoms in total. The number of nitrogens with two attached hydrogens (primary N) is 1. The SMILES string of the molecule is CCC(C)(C)C(=O)Nc1ccc(CN)cc1.CCC(C)(C)C(=O)Nc1ccc(CNC(C)=O)cc1.CCC(C)(C)C(=O)OCCN(C)C.CCC(C)(C)C(=O)OCc1ccccc1.CCC(C)(C)c1ccc(C(=O)O)cc1.CCC(C)c1ccccc1.CCCCC(CC)COC(=O)C(C)(C)CC. The van der Waals surface area contributed by atoms with Gasteiger partial charge in [0.2, 0.25) is 17.7 Å². The van der Waals surface area contributed by atoms with E-state index in [1.54, 1.807) is 12.1 Å². The van der Waals surface area contributed by atoms with E-state index in [1.165, 1.54) is 43.7 Å². The maximum Gasteiger partial charge on any atom is 0.335 e. The maximum absolute atomic E-state index is 12.0. The molecule has 0 aliphatic carbocycles. The quantitative estimate of drug-likeness (QED) is 0.0205. The fourth-order valence-electron chi connectivity index (χ4n) is 8.02. The van der Waals surface area contributed by atoms with E-state index in [4.69, 9.17) is 25.1 Å². The lowest BCUT2D eigenvalue weighted by molar-refractivity contribution is -0.156. The van der Waals surface area contributed by atoms with Crippen molar-refractivity contribution in [2.45, 2.75) is 261 Å². The van der Waals surface area contributed by atoms with Gasteiger partial charge < -0.3 is 45.9 Å². The average Bonchev–Trinajstić information content (AvgIpc) is 0.854. The van der Waals surface area contributed by atoms with Gasteiger partial charge in [0.1, 0.15) is 13.2 Å². The number of carboxylic acids is 1. The molecule has 0 aliphatic heterocycles. The first-order valence-electron chi connectivity index (χ1n) is 37.4. The molecule has 0 aromatic heterocycles. The summed E-state index contributed by atoms with van der Waals surface area (Å²) in [7, 11) is 3.91. The number of likely N-dealkylation sites (N-methyl/N-ethyl adjacent to an activating group) is 1. The summed E-state index contributed by atoms with van der Waals surface area (Å²) in [6.07, 6.45) is 11.0. The number of esters is 3. The number of rotatable bonds is 31. The smallest absolute Gasteiger partial charge is 0.335 e. The van der Waals surface area contributed by atoms with Crippen LogP contribution in [-0.4, -0.2) is 85.5 Å². The van der Waals surface area contributed by atoms with Crippen LogP contribution in [0.1, 0.15) is 274 Å². The summed E-state index contributed by atoms with van der Waals surface area (Å²) in [6.45, 7) is 49.3. The average molecular weight is 1430 g/mol. The van der Waals surface area contributed by atoms with Crippen LogP contribution in [0.5, 0.6) is 0 Å². The van der Waals surface area contributed by atoms with Crippen molar-refractivity contribution in [3.05, 3.63) is 167 Å². The van der Waals surface area contributed by atoms with E-state index in [-0.39, 0.29) is 68.1 Å². The number of benzene rings is 5. The number of unbranched alkanes of at least 4 members (excludes halogenated alkanes) is 1. The van der Waals surface area contributed by atoms with Gasteiger partial charge in [-0.3, -0.25) is 28.8 Å². The number of carbonyl (C=O) groups is 7. The Kier molecular flexibility index (Phi) is 47.9. The van der Waals surface area contributed by atoms with Crippen molar-refractivity contribution in [3.63, 3.8) is 0 Å². The number of nitrogens with zero attached hydrogens (tertiary/aromatic N) is 1. The van der Waals surface area contributed by atoms with E-state index < -0.39 is 5.97 Å². The Labute approximate surface area is 624 Å². The number of aromatic carboxylic acids is 1. The number of nitrogens with one attached hydrogen (secondary N) is 3. The number of carboxylic acid groups (broad SMARTS) is 1. The number of amides is 3. The van der Waals surface area contributed by atoms with E-state index in [2.05, 4.69) is 94.7 Å². The number of carbonyl (C=O) groups excluding carboxylic acids is 6. The Morgan fingerprint density at radius 1 is 0.495 bits per heavy atom. The first-order chi connectivity index (χ1) is 48.1. The molecule has 0 aliphatic rings. The van der Waals surface area contributed by atoms with Crippen molar-refractivity contribution in [1.82, 2.24) is 10.2 Å². The predicted molar refractivity (Wildman–Crippen MR) is 428 cm³/mol. The van der Waals surface area contributed by atoms with E-state index in [1.807, 2.05) is 214 Å². The Morgan fingerprint density at radius 3 is 1.28 bits per heavy atom. The van der Waals surface area contributed by atoms with Crippen LogP contribution in [0.15, 0.2) is 133 Å². The molecule has 0 saturated carbocycles. The van der Waals surface area contributed by atoms with Crippen LogP contribution in [0.4, 0.5) is 11.4 Å². The molecule has 0 heterocycles. The Morgan fingerprint density at radius 2 is 0.913 bits per heavy atom. The molecular weight excluding hydrogens is 1290 g/mol. The van der Waals surface area contributed by atoms with E-state index in [9.17, 15) is 33.6 Å². The molecule has 5 aromatic rings. The predicted octanol–water partition coefficient (Wildman–Crippen LogP) is 20.4. The molecule has 16 heteroatoms. The second kappa shape index (κ2) is 50.7. The minimum absolute atomic E-state index is 0.0182. The molecule has 103 heavy (non-hydrogen) atoms. The lowest BCUT2D eigenvalue weighted by Gasteiger charge is -2.23. The largest absolute Gasteiger partial charge is 0.478 e. The van der Waals surface area contributed by atoms with Crippen LogP contribution >= 0.6 is 0 Å². The molecule has 0 fully saturated rings. The summed E-state index contributed by atoms with van der Waals surface area (Å²) in [4.78, 5) is 82.2. The summed E-state index contributed by atoms with van der Waals surface area (Å²) in [6, 6.07) is 42.6. The molecule has 3 amide bonds. The van der Waals surface area contributed by atoms with Crippen LogP contribution < -0.4 is 21.7 Å². The fraction of sp³-hybridized carbons (Fsp3) is 0.575. The highest BCUT2D eigenvalue weighted by Gasteiger charge is 2.30. The molecule has 2 unspecified atom stereocenters. The highest BCUT2D eigenvalue weighted by atomic mass is 16.5. The topological polar surface area (TPSA) is 233 Å². The summed E-state index contributed by atoms with van der Waals surface area (Å²) in [5, 5.41) is 17.3. The van der Waals surface area contributed by atoms with Crippen LogP contribution in [-0.2, 0) is 68.1 Å². The zero-order chi connectivity index (χ0) is 79.2.